The number of oxime groups is 1. The normalized spacial score (nSPS) is 14.7. The second-order valence-corrected chi connectivity index (χ2v) is 6.61. The lowest BCUT2D eigenvalue weighted by Crippen LogP contribution is -2.07. The molecule has 0 aromatic heterocycles. The van der Waals surface area contributed by atoms with Crippen molar-refractivity contribution in [3.8, 4) is 11.5 Å². The van der Waals surface area contributed by atoms with Crippen LogP contribution in [0.1, 0.15) is 12.5 Å². The van der Waals surface area contributed by atoms with Crippen molar-refractivity contribution in [3.63, 3.8) is 0 Å². The van der Waals surface area contributed by atoms with Crippen molar-refractivity contribution >= 4 is 12.8 Å². The van der Waals surface area contributed by atoms with Crippen LogP contribution in [0, 0.1) is 0 Å². The van der Waals surface area contributed by atoms with Gasteiger partial charge in [-0.05, 0) is 24.6 Å². The number of hydrogen-bond acceptors (Lipinski definition) is 6. The summed E-state index contributed by atoms with van der Waals surface area (Å²) in [5, 5.41) is 12.2. The van der Waals surface area contributed by atoms with Crippen LogP contribution in [0.25, 0.3) is 0 Å². The van der Waals surface area contributed by atoms with E-state index < -0.39 is 7.37 Å². The largest absolute Gasteiger partial charge is 0.493 e. The fourth-order valence-electron chi connectivity index (χ4n) is 1.75. The van der Waals surface area contributed by atoms with E-state index in [0.717, 1.165) is 5.56 Å². The maximum Gasteiger partial charge on any atom is 0.246 e. The topological polar surface area (TPSA) is 77.4 Å². The summed E-state index contributed by atoms with van der Waals surface area (Å²) in [4.78, 5) is 0. The second-order valence-electron chi connectivity index (χ2n) is 4.15. The lowest BCUT2D eigenvalue weighted by molar-refractivity contribution is 0.314. The molecule has 0 spiro atoms. The first-order valence-corrected chi connectivity index (χ1v) is 8.20. The van der Waals surface area contributed by atoms with Crippen LogP contribution < -0.4 is 9.47 Å². The van der Waals surface area contributed by atoms with Crippen molar-refractivity contribution in [2.75, 3.05) is 27.5 Å². The molecule has 1 aromatic rings. The molecule has 0 fully saturated rings. The molecule has 0 amide bonds. The molecule has 6 nitrogen and oxygen atoms in total. The lowest BCUT2D eigenvalue weighted by Gasteiger charge is -2.15. The summed E-state index contributed by atoms with van der Waals surface area (Å²) in [6, 6.07) is 5.28. The van der Waals surface area contributed by atoms with E-state index in [1.54, 1.807) is 32.2 Å². The van der Waals surface area contributed by atoms with Gasteiger partial charge in [-0.25, -0.2) is 0 Å². The van der Waals surface area contributed by atoms with Crippen LogP contribution in [0.3, 0.4) is 0 Å². The quantitative estimate of drug-likeness (QED) is 0.362. The number of methoxy groups -OCH3 is 2. The highest BCUT2D eigenvalue weighted by Crippen LogP contribution is 2.45. The SMILES string of the molecule is CCOP(C)(=O)/C(Cc1ccc(OC)c(OC)c1)=N/O. The zero-order chi connectivity index (χ0) is 15.2. The molecule has 0 aliphatic rings. The van der Waals surface area contributed by atoms with Gasteiger partial charge in [0.15, 0.2) is 11.5 Å². The van der Waals surface area contributed by atoms with Gasteiger partial charge < -0.3 is 19.2 Å². The third kappa shape index (κ3) is 3.99. The molecule has 7 heteroatoms. The highest BCUT2D eigenvalue weighted by Gasteiger charge is 2.25. The Morgan fingerprint density at radius 2 is 1.95 bits per heavy atom. The monoisotopic (exact) mass is 301 g/mol. The molecule has 0 aliphatic heterocycles. The van der Waals surface area contributed by atoms with Crippen molar-refractivity contribution in [1.82, 2.24) is 0 Å². The summed E-state index contributed by atoms with van der Waals surface area (Å²) in [7, 11) is 0.00182. The summed E-state index contributed by atoms with van der Waals surface area (Å²) in [5.74, 6) is 1.16. The number of ether oxygens (including phenoxy) is 2. The van der Waals surface area contributed by atoms with E-state index in [-0.39, 0.29) is 11.9 Å². The number of rotatable bonds is 7. The van der Waals surface area contributed by atoms with E-state index >= 15 is 0 Å². The smallest absolute Gasteiger partial charge is 0.246 e. The van der Waals surface area contributed by atoms with Crippen LogP contribution in [0.15, 0.2) is 23.4 Å². The molecule has 0 heterocycles. The summed E-state index contributed by atoms with van der Waals surface area (Å²) in [6.07, 6.45) is 0.213. The Bertz CT molecular complexity index is 529. The van der Waals surface area contributed by atoms with Crippen LogP contribution >= 0.6 is 7.37 Å². The molecule has 0 saturated heterocycles. The van der Waals surface area contributed by atoms with Crippen LogP contribution in [-0.2, 0) is 15.5 Å². The van der Waals surface area contributed by atoms with Crippen molar-refractivity contribution < 1.29 is 23.8 Å². The number of nitrogens with zero attached hydrogens (tertiary/aromatic N) is 1. The zero-order valence-corrected chi connectivity index (χ0v) is 13.0. The Labute approximate surface area is 118 Å². The van der Waals surface area contributed by atoms with Gasteiger partial charge in [-0.1, -0.05) is 11.2 Å². The van der Waals surface area contributed by atoms with Gasteiger partial charge in [-0.15, -0.1) is 0 Å². The first kappa shape index (κ1) is 16.5. The molecule has 112 valence electrons. The molecule has 1 unspecified atom stereocenters. The minimum absolute atomic E-state index is 0.117. The standard InChI is InChI=1S/C13H20NO5P/c1-5-19-20(4,16)13(14-15)9-10-6-7-11(17-2)12(8-10)18-3/h6-8,15H,5,9H2,1-4H3/b14-13+. The molecule has 1 N–H and O–H groups in total. The minimum atomic E-state index is -3.08. The van der Waals surface area contributed by atoms with E-state index in [4.69, 9.17) is 19.2 Å². The van der Waals surface area contributed by atoms with E-state index in [1.807, 2.05) is 0 Å². The van der Waals surface area contributed by atoms with Gasteiger partial charge in [0.1, 0.15) is 5.45 Å². The fourth-order valence-corrected chi connectivity index (χ4v) is 3.03. The maximum absolute atomic E-state index is 12.3. The van der Waals surface area contributed by atoms with Gasteiger partial charge in [0.2, 0.25) is 7.37 Å². The predicted molar refractivity (Wildman–Crippen MR) is 77.6 cm³/mol. The highest BCUT2D eigenvalue weighted by molar-refractivity contribution is 7.75. The van der Waals surface area contributed by atoms with Gasteiger partial charge >= 0.3 is 0 Å². The van der Waals surface area contributed by atoms with Gasteiger partial charge in [0.25, 0.3) is 0 Å². The Morgan fingerprint density at radius 3 is 2.45 bits per heavy atom. The summed E-state index contributed by atoms with van der Waals surface area (Å²) in [5.41, 5.74) is 0.906. The molecule has 1 aromatic carbocycles. The Balaban J connectivity index is 3.00. The Hall–Kier alpha value is -1.52. The highest BCUT2D eigenvalue weighted by atomic mass is 31.2. The molecular weight excluding hydrogens is 281 g/mol. The van der Waals surface area contributed by atoms with E-state index in [0.29, 0.717) is 18.1 Å². The zero-order valence-electron chi connectivity index (χ0n) is 12.1. The predicted octanol–water partition coefficient (Wildman–Crippen LogP) is 2.98. The van der Waals surface area contributed by atoms with Crippen LogP contribution in [0.5, 0.6) is 11.5 Å². The average Bonchev–Trinajstić information content (AvgIpc) is 2.44. The van der Waals surface area contributed by atoms with Gasteiger partial charge in [0.05, 0.1) is 20.8 Å². The average molecular weight is 301 g/mol. The summed E-state index contributed by atoms with van der Waals surface area (Å²) < 4.78 is 27.8. The Kier molecular flexibility index (Phi) is 6.05. The van der Waals surface area contributed by atoms with Crippen LogP contribution in [0.2, 0.25) is 0 Å². The third-order valence-electron chi connectivity index (χ3n) is 2.77. The first-order valence-electron chi connectivity index (χ1n) is 6.13. The van der Waals surface area contributed by atoms with Crippen molar-refractivity contribution in [3.05, 3.63) is 23.8 Å². The molecule has 0 aliphatic carbocycles. The third-order valence-corrected chi connectivity index (χ3v) is 4.71. The molecule has 20 heavy (non-hydrogen) atoms. The van der Waals surface area contributed by atoms with Crippen LogP contribution in [0.4, 0.5) is 0 Å². The molecule has 0 saturated carbocycles. The van der Waals surface area contributed by atoms with Gasteiger partial charge in [0, 0.05) is 13.1 Å². The maximum atomic E-state index is 12.3. The summed E-state index contributed by atoms with van der Waals surface area (Å²) in [6.45, 7) is 3.46. The van der Waals surface area contributed by atoms with Crippen molar-refractivity contribution in [2.24, 2.45) is 5.16 Å². The van der Waals surface area contributed by atoms with Gasteiger partial charge in [-0.2, -0.15) is 0 Å². The van der Waals surface area contributed by atoms with Crippen molar-refractivity contribution in [1.29, 1.82) is 0 Å². The summed E-state index contributed by atoms with van der Waals surface area (Å²) >= 11 is 0. The Morgan fingerprint density at radius 1 is 1.30 bits per heavy atom. The lowest BCUT2D eigenvalue weighted by atomic mass is 10.1. The molecule has 0 radical (unpaired) electrons. The molecular formula is C13H20NO5P. The van der Waals surface area contributed by atoms with E-state index in [9.17, 15) is 4.57 Å². The van der Waals surface area contributed by atoms with Gasteiger partial charge in [-0.3, -0.25) is 4.57 Å². The molecule has 1 atom stereocenters. The fraction of sp³-hybridized carbons (Fsp3) is 0.462. The molecule has 0 bridgehead atoms. The van der Waals surface area contributed by atoms with E-state index in [2.05, 4.69) is 5.16 Å². The molecule has 1 rings (SSSR count). The van der Waals surface area contributed by atoms with Crippen molar-refractivity contribution in [2.45, 2.75) is 13.3 Å². The van der Waals surface area contributed by atoms with E-state index in [1.165, 1.54) is 13.8 Å². The minimum Gasteiger partial charge on any atom is -0.493 e. The first-order chi connectivity index (χ1) is 9.48. The van der Waals surface area contributed by atoms with Crippen LogP contribution in [-0.4, -0.2) is 38.2 Å². The number of hydrogen-bond donors (Lipinski definition) is 1. The number of benzene rings is 1. The second kappa shape index (κ2) is 7.31.